The first-order valence-electron chi connectivity index (χ1n) is 10.6. The van der Waals surface area contributed by atoms with Crippen molar-refractivity contribution in [1.82, 2.24) is 15.2 Å². The molecule has 1 aromatic carbocycles. The molecule has 3 amide bonds. The van der Waals surface area contributed by atoms with Crippen LogP contribution in [0.3, 0.4) is 0 Å². The molecule has 9 nitrogen and oxygen atoms in total. The van der Waals surface area contributed by atoms with E-state index in [1.807, 2.05) is 29.2 Å². The van der Waals surface area contributed by atoms with Gasteiger partial charge in [-0.15, -0.1) is 11.3 Å². The third-order valence-electron chi connectivity index (χ3n) is 5.70. The smallest absolute Gasteiger partial charge is 0.248 e. The van der Waals surface area contributed by atoms with Crippen LogP contribution in [0.4, 0.5) is 10.8 Å². The lowest BCUT2D eigenvalue weighted by molar-refractivity contribution is -0.130. The van der Waals surface area contributed by atoms with Crippen LogP contribution in [0, 0.1) is 0 Å². The van der Waals surface area contributed by atoms with E-state index < -0.39 is 6.04 Å². The molecule has 4 rings (SSSR count). The van der Waals surface area contributed by atoms with E-state index in [2.05, 4.69) is 20.5 Å². The van der Waals surface area contributed by atoms with Crippen molar-refractivity contribution in [2.24, 2.45) is 0 Å². The zero-order valence-electron chi connectivity index (χ0n) is 17.8. The summed E-state index contributed by atoms with van der Waals surface area (Å²) in [7, 11) is 0. The third-order valence-corrected chi connectivity index (χ3v) is 6.50. The molecule has 1 unspecified atom stereocenters. The maximum atomic E-state index is 12.7. The lowest BCUT2D eigenvalue weighted by Gasteiger charge is -2.36. The average molecular weight is 456 g/mol. The van der Waals surface area contributed by atoms with Gasteiger partial charge in [0.25, 0.3) is 0 Å². The van der Waals surface area contributed by atoms with Crippen LogP contribution in [0.2, 0.25) is 0 Å². The average Bonchev–Trinajstić information content (AvgIpc) is 3.42. The predicted molar refractivity (Wildman–Crippen MR) is 121 cm³/mol. The minimum absolute atomic E-state index is 0.00260. The topological polar surface area (TPSA) is 112 Å². The summed E-state index contributed by atoms with van der Waals surface area (Å²) in [5.74, 6) is -0.357. The number of nitrogens with zero attached hydrogens (tertiary/aromatic N) is 3. The van der Waals surface area contributed by atoms with Crippen molar-refractivity contribution < 1.29 is 19.2 Å². The molecule has 2 fully saturated rings. The number of nitrogens with one attached hydrogen (secondary N) is 2. The minimum atomic E-state index is -0.522. The maximum absolute atomic E-state index is 12.7. The van der Waals surface area contributed by atoms with Gasteiger partial charge in [0.15, 0.2) is 10.9 Å². The van der Waals surface area contributed by atoms with Gasteiger partial charge in [-0.05, 0) is 37.6 Å². The van der Waals surface area contributed by atoms with Crippen LogP contribution in [0.25, 0.3) is 0 Å². The Bertz CT molecular complexity index is 1030. The molecule has 2 aliphatic heterocycles. The van der Waals surface area contributed by atoms with Crippen molar-refractivity contribution in [2.75, 3.05) is 36.4 Å². The summed E-state index contributed by atoms with van der Waals surface area (Å²) < 4.78 is 0. The van der Waals surface area contributed by atoms with Gasteiger partial charge in [-0.25, -0.2) is 4.98 Å². The standard InChI is InChI=1S/C22H25N5O4S/c1-14(28)15-2-4-17(5-3-15)26-8-10-27(11-9-26)20(30)12-16-13-32-22(23-16)25-21(31)18-6-7-19(29)24-18/h2-5,13,18H,6-12H2,1H3,(H,24,29)(H,23,25,31). The fourth-order valence-electron chi connectivity index (χ4n) is 3.84. The van der Waals surface area contributed by atoms with E-state index >= 15 is 0 Å². The van der Waals surface area contributed by atoms with Crippen LogP contribution in [-0.2, 0) is 20.8 Å². The van der Waals surface area contributed by atoms with Crippen molar-refractivity contribution >= 4 is 45.7 Å². The molecule has 32 heavy (non-hydrogen) atoms. The van der Waals surface area contributed by atoms with Crippen LogP contribution < -0.4 is 15.5 Å². The van der Waals surface area contributed by atoms with Gasteiger partial charge in [-0.1, -0.05) is 0 Å². The molecule has 3 heterocycles. The second-order valence-corrected chi connectivity index (χ2v) is 8.80. The first-order valence-corrected chi connectivity index (χ1v) is 11.5. The summed E-state index contributed by atoms with van der Waals surface area (Å²) in [6.45, 7) is 4.21. The monoisotopic (exact) mass is 455 g/mol. The Morgan fingerprint density at radius 1 is 1.16 bits per heavy atom. The number of thiazole rings is 1. The van der Waals surface area contributed by atoms with E-state index in [-0.39, 0.29) is 29.9 Å². The number of Topliss-reactive ketones (excluding diaryl/α,β-unsaturated/α-hetero) is 1. The third kappa shape index (κ3) is 5.13. The lowest BCUT2D eigenvalue weighted by atomic mass is 10.1. The summed E-state index contributed by atoms with van der Waals surface area (Å²) in [4.78, 5) is 56.0. The highest BCUT2D eigenvalue weighted by Gasteiger charge is 2.28. The number of piperazine rings is 1. The van der Waals surface area contributed by atoms with Crippen molar-refractivity contribution in [3.8, 4) is 0 Å². The molecule has 168 valence electrons. The first-order chi connectivity index (χ1) is 15.4. The summed E-state index contributed by atoms with van der Waals surface area (Å²) in [5.41, 5.74) is 2.35. The molecule has 2 N–H and O–H groups in total. The quantitative estimate of drug-likeness (QED) is 0.638. The molecule has 0 aliphatic carbocycles. The van der Waals surface area contributed by atoms with Gasteiger partial charge >= 0.3 is 0 Å². The number of carbonyl (C=O) groups excluding carboxylic acids is 4. The van der Waals surface area contributed by atoms with Gasteiger partial charge in [-0.3, -0.25) is 19.2 Å². The Hall–Kier alpha value is -3.27. The van der Waals surface area contributed by atoms with Crippen LogP contribution in [0.15, 0.2) is 29.6 Å². The molecule has 0 radical (unpaired) electrons. The molecule has 2 aliphatic rings. The molecule has 0 bridgehead atoms. The van der Waals surface area contributed by atoms with Gasteiger partial charge in [0.05, 0.1) is 12.1 Å². The van der Waals surface area contributed by atoms with Crippen LogP contribution in [-0.4, -0.2) is 65.6 Å². The van der Waals surface area contributed by atoms with E-state index in [9.17, 15) is 19.2 Å². The fraction of sp³-hybridized carbons (Fsp3) is 0.409. The van der Waals surface area contributed by atoms with Gasteiger partial charge in [0.2, 0.25) is 17.7 Å². The van der Waals surface area contributed by atoms with E-state index in [4.69, 9.17) is 0 Å². The fourth-order valence-corrected chi connectivity index (χ4v) is 4.55. The van der Waals surface area contributed by atoms with Crippen molar-refractivity contribution in [3.05, 3.63) is 40.9 Å². The van der Waals surface area contributed by atoms with Crippen molar-refractivity contribution in [3.63, 3.8) is 0 Å². The Balaban J connectivity index is 1.26. The Kier molecular flexibility index (Phi) is 6.50. The number of carbonyl (C=O) groups is 4. The largest absolute Gasteiger partial charge is 0.368 e. The highest BCUT2D eigenvalue weighted by Crippen LogP contribution is 2.20. The number of hydrogen-bond acceptors (Lipinski definition) is 7. The summed E-state index contributed by atoms with van der Waals surface area (Å²) in [6, 6.07) is 7.02. The van der Waals surface area contributed by atoms with Gasteiger partial charge in [0.1, 0.15) is 6.04 Å². The van der Waals surface area contributed by atoms with E-state index in [0.717, 1.165) is 18.8 Å². The second-order valence-electron chi connectivity index (χ2n) is 7.94. The second kappa shape index (κ2) is 9.47. The molecule has 1 aromatic heterocycles. The summed E-state index contributed by atoms with van der Waals surface area (Å²) >= 11 is 1.27. The number of amides is 3. The number of anilines is 2. The van der Waals surface area contributed by atoms with Crippen LogP contribution in [0.1, 0.15) is 35.8 Å². The molecular formula is C22H25N5O4S. The predicted octanol–water partition coefficient (Wildman–Crippen LogP) is 1.45. The van der Waals surface area contributed by atoms with Gasteiger partial charge < -0.3 is 20.4 Å². The molecular weight excluding hydrogens is 430 g/mol. The van der Waals surface area contributed by atoms with E-state index in [1.54, 1.807) is 12.3 Å². The van der Waals surface area contributed by atoms with Crippen molar-refractivity contribution in [1.29, 1.82) is 0 Å². The zero-order valence-corrected chi connectivity index (χ0v) is 18.6. The molecule has 2 aromatic rings. The highest BCUT2D eigenvalue weighted by molar-refractivity contribution is 7.13. The number of hydrogen-bond donors (Lipinski definition) is 2. The lowest BCUT2D eigenvalue weighted by Crippen LogP contribution is -2.49. The van der Waals surface area contributed by atoms with Crippen molar-refractivity contribution in [2.45, 2.75) is 32.2 Å². The van der Waals surface area contributed by atoms with E-state index in [1.165, 1.54) is 11.3 Å². The number of benzene rings is 1. The zero-order chi connectivity index (χ0) is 22.7. The summed E-state index contributed by atoms with van der Waals surface area (Å²) in [5, 5.41) is 7.54. The Morgan fingerprint density at radius 3 is 2.50 bits per heavy atom. The molecule has 1 atom stereocenters. The number of aromatic nitrogens is 1. The van der Waals surface area contributed by atoms with E-state index in [0.29, 0.717) is 42.3 Å². The minimum Gasteiger partial charge on any atom is -0.368 e. The Morgan fingerprint density at radius 2 is 1.88 bits per heavy atom. The first kappa shape index (κ1) is 21.9. The summed E-state index contributed by atoms with van der Waals surface area (Å²) in [6.07, 6.45) is 1.01. The van der Waals surface area contributed by atoms with Gasteiger partial charge in [0, 0.05) is 49.2 Å². The SMILES string of the molecule is CC(=O)c1ccc(N2CCN(C(=O)Cc3csc(NC(=O)C4CCC(=O)N4)n3)CC2)cc1. The number of rotatable bonds is 6. The normalized spacial score (nSPS) is 18.4. The highest BCUT2D eigenvalue weighted by atomic mass is 32.1. The number of ketones is 1. The molecule has 0 saturated carbocycles. The van der Waals surface area contributed by atoms with Crippen LogP contribution >= 0.6 is 11.3 Å². The van der Waals surface area contributed by atoms with Crippen LogP contribution in [0.5, 0.6) is 0 Å². The Labute approximate surface area is 189 Å². The molecule has 10 heteroatoms. The molecule has 0 spiro atoms. The van der Waals surface area contributed by atoms with Gasteiger partial charge in [-0.2, -0.15) is 0 Å². The molecule has 2 saturated heterocycles. The maximum Gasteiger partial charge on any atom is 0.248 e.